The fourth-order valence-electron chi connectivity index (χ4n) is 1.96. The van der Waals surface area contributed by atoms with Crippen molar-refractivity contribution in [1.82, 2.24) is 4.90 Å². The van der Waals surface area contributed by atoms with Crippen LogP contribution in [0.2, 0.25) is 0 Å². The third-order valence-corrected chi connectivity index (χ3v) is 2.88. The summed E-state index contributed by atoms with van der Waals surface area (Å²) in [5.74, 6) is 0. The van der Waals surface area contributed by atoms with Crippen molar-refractivity contribution in [2.45, 2.75) is 12.5 Å². The molecular formula is C13H18NO. The van der Waals surface area contributed by atoms with E-state index in [0.29, 0.717) is 6.04 Å². The van der Waals surface area contributed by atoms with Crippen molar-refractivity contribution < 1.29 is 4.74 Å². The summed E-state index contributed by atoms with van der Waals surface area (Å²) < 4.78 is 5.33. The van der Waals surface area contributed by atoms with Gasteiger partial charge in [0.05, 0.1) is 13.2 Å². The molecule has 0 aromatic heterocycles. The molecule has 1 saturated heterocycles. The Morgan fingerprint density at radius 3 is 2.53 bits per heavy atom. The highest BCUT2D eigenvalue weighted by Crippen LogP contribution is 2.09. The average molecular weight is 204 g/mol. The minimum absolute atomic E-state index is 0.372. The second-order valence-corrected chi connectivity index (χ2v) is 3.99. The maximum Gasteiger partial charge on any atom is 0.0594 e. The van der Waals surface area contributed by atoms with Gasteiger partial charge in [-0.2, -0.15) is 0 Å². The SMILES string of the molecule is [CH2]C(Cc1ccccc1)N1CCOCC1. The highest BCUT2D eigenvalue weighted by atomic mass is 16.5. The van der Waals surface area contributed by atoms with Crippen LogP contribution in [-0.4, -0.2) is 37.2 Å². The molecule has 0 bridgehead atoms. The fourth-order valence-corrected chi connectivity index (χ4v) is 1.96. The van der Waals surface area contributed by atoms with Crippen molar-refractivity contribution in [3.05, 3.63) is 42.8 Å². The van der Waals surface area contributed by atoms with Gasteiger partial charge < -0.3 is 4.74 Å². The molecule has 2 heteroatoms. The van der Waals surface area contributed by atoms with Crippen molar-refractivity contribution in [1.29, 1.82) is 0 Å². The van der Waals surface area contributed by atoms with Gasteiger partial charge in [-0.3, -0.25) is 4.90 Å². The summed E-state index contributed by atoms with van der Waals surface area (Å²) in [5.41, 5.74) is 1.36. The third-order valence-electron chi connectivity index (χ3n) is 2.88. The Labute approximate surface area is 91.9 Å². The Hall–Kier alpha value is -0.860. The molecule has 1 heterocycles. The van der Waals surface area contributed by atoms with Crippen LogP contribution in [0, 0.1) is 6.92 Å². The molecule has 0 amide bonds. The summed E-state index contributed by atoms with van der Waals surface area (Å²) in [4.78, 5) is 2.40. The summed E-state index contributed by atoms with van der Waals surface area (Å²) in [6, 6.07) is 10.9. The lowest BCUT2D eigenvalue weighted by molar-refractivity contribution is 0.0252. The van der Waals surface area contributed by atoms with Gasteiger partial charge in [0.25, 0.3) is 0 Å². The van der Waals surface area contributed by atoms with Crippen LogP contribution < -0.4 is 0 Å². The van der Waals surface area contributed by atoms with E-state index in [0.717, 1.165) is 32.7 Å². The zero-order valence-corrected chi connectivity index (χ0v) is 9.06. The molecule has 1 aliphatic heterocycles. The number of morpholine rings is 1. The first-order valence-corrected chi connectivity index (χ1v) is 5.55. The van der Waals surface area contributed by atoms with E-state index in [4.69, 9.17) is 4.74 Å². The van der Waals surface area contributed by atoms with E-state index in [9.17, 15) is 0 Å². The van der Waals surface area contributed by atoms with Gasteiger partial charge in [0.2, 0.25) is 0 Å². The summed E-state index contributed by atoms with van der Waals surface area (Å²) in [6.07, 6.45) is 1.03. The van der Waals surface area contributed by atoms with E-state index in [1.54, 1.807) is 0 Å². The summed E-state index contributed by atoms with van der Waals surface area (Å²) >= 11 is 0. The molecule has 1 unspecified atom stereocenters. The Kier molecular flexibility index (Phi) is 3.75. The van der Waals surface area contributed by atoms with Gasteiger partial charge in [-0.1, -0.05) is 30.3 Å². The molecule has 0 N–H and O–H groups in total. The molecule has 1 aromatic carbocycles. The van der Waals surface area contributed by atoms with Crippen LogP contribution in [0.1, 0.15) is 5.56 Å². The largest absolute Gasteiger partial charge is 0.379 e. The summed E-state index contributed by atoms with van der Waals surface area (Å²) in [7, 11) is 0. The fraction of sp³-hybridized carbons (Fsp3) is 0.462. The molecule has 0 saturated carbocycles. The summed E-state index contributed by atoms with van der Waals surface area (Å²) in [6.45, 7) is 7.95. The van der Waals surface area contributed by atoms with Gasteiger partial charge in [-0.25, -0.2) is 0 Å². The Morgan fingerprint density at radius 1 is 1.20 bits per heavy atom. The van der Waals surface area contributed by atoms with E-state index in [1.807, 2.05) is 0 Å². The predicted molar refractivity (Wildman–Crippen MR) is 61.7 cm³/mol. The molecule has 2 nitrogen and oxygen atoms in total. The molecule has 0 spiro atoms. The average Bonchev–Trinajstić information content (AvgIpc) is 2.31. The smallest absolute Gasteiger partial charge is 0.0594 e. The number of hydrogen-bond donors (Lipinski definition) is 0. The van der Waals surface area contributed by atoms with Crippen molar-refractivity contribution in [2.75, 3.05) is 26.3 Å². The van der Waals surface area contributed by atoms with Crippen molar-refractivity contribution in [3.8, 4) is 0 Å². The van der Waals surface area contributed by atoms with Gasteiger partial charge in [-0.05, 0) is 18.9 Å². The van der Waals surface area contributed by atoms with E-state index < -0.39 is 0 Å². The maximum absolute atomic E-state index is 5.33. The van der Waals surface area contributed by atoms with E-state index >= 15 is 0 Å². The number of hydrogen-bond acceptors (Lipinski definition) is 2. The lowest BCUT2D eigenvalue weighted by atomic mass is 10.1. The van der Waals surface area contributed by atoms with Gasteiger partial charge in [0, 0.05) is 19.1 Å². The zero-order valence-electron chi connectivity index (χ0n) is 9.06. The first-order valence-electron chi connectivity index (χ1n) is 5.55. The topological polar surface area (TPSA) is 12.5 Å². The molecule has 81 valence electrons. The quantitative estimate of drug-likeness (QED) is 0.744. The van der Waals surface area contributed by atoms with Crippen LogP contribution in [0.25, 0.3) is 0 Å². The Balaban J connectivity index is 1.88. The second-order valence-electron chi connectivity index (χ2n) is 3.99. The minimum atomic E-state index is 0.372. The molecule has 15 heavy (non-hydrogen) atoms. The van der Waals surface area contributed by atoms with Crippen LogP contribution in [0.5, 0.6) is 0 Å². The number of rotatable bonds is 3. The first-order chi connectivity index (χ1) is 7.36. The van der Waals surface area contributed by atoms with Gasteiger partial charge >= 0.3 is 0 Å². The lowest BCUT2D eigenvalue weighted by Crippen LogP contribution is -2.43. The Morgan fingerprint density at radius 2 is 1.87 bits per heavy atom. The summed E-state index contributed by atoms with van der Waals surface area (Å²) in [5, 5.41) is 0. The number of benzene rings is 1. The molecule has 2 rings (SSSR count). The molecule has 1 aliphatic rings. The third kappa shape index (κ3) is 3.05. The number of nitrogens with zero attached hydrogens (tertiary/aromatic N) is 1. The van der Waals surface area contributed by atoms with Gasteiger partial charge in [0.1, 0.15) is 0 Å². The predicted octanol–water partition coefficient (Wildman–Crippen LogP) is 1.76. The van der Waals surface area contributed by atoms with Gasteiger partial charge in [0.15, 0.2) is 0 Å². The Bertz CT molecular complexity index is 280. The molecule has 1 atom stereocenters. The first kappa shape index (κ1) is 10.7. The van der Waals surface area contributed by atoms with Crippen LogP contribution in [-0.2, 0) is 11.2 Å². The van der Waals surface area contributed by atoms with Crippen molar-refractivity contribution in [3.63, 3.8) is 0 Å². The van der Waals surface area contributed by atoms with E-state index in [-0.39, 0.29) is 0 Å². The zero-order chi connectivity index (χ0) is 10.5. The molecule has 0 aliphatic carbocycles. The monoisotopic (exact) mass is 204 g/mol. The van der Waals surface area contributed by atoms with Crippen LogP contribution in [0.4, 0.5) is 0 Å². The normalized spacial score (nSPS) is 20.1. The van der Waals surface area contributed by atoms with E-state index in [1.165, 1.54) is 5.56 Å². The van der Waals surface area contributed by atoms with E-state index in [2.05, 4.69) is 42.2 Å². The van der Waals surface area contributed by atoms with Crippen LogP contribution in [0.15, 0.2) is 30.3 Å². The minimum Gasteiger partial charge on any atom is -0.379 e. The standard InChI is InChI=1S/C13H18NO/c1-12(14-7-9-15-10-8-14)11-13-5-3-2-4-6-13/h2-6,12H,1,7-11H2. The van der Waals surface area contributed by atoms with Gasteiger partial charge in [-0.15, -0.1) is 0 Å². The molecule has 1 radical (unpaired) electrons. The van der Waals surface area contributed by atoms with Crippen molar-refractivity contribution >= 4 is 0 Å². The lowest BCUT2D eigenvalue weighted by Gasteiger charge is -2.32. The second kappa shape index (κ2) is 5.29. The number of ether oxygens (including phenoxy) is 1. The molecule has 1 fully saturated rings. The molecular weight excluding hydrogens is 186 g/mol. The maximum atomic E-state index is 5.33. The van der Waals surface area contributed by atoms with Crippen LogP contribution in [0.3, 0.4) is 0 Å². The highest BCUT2D eigenvalue weighted by molar-refractivity contribution is 5.16. The van der Waals surface area contributed by atoms with Crippen LogP contribution >= 0.6 is 0 Å². The molecule has 1 aromatic rings. The van der Waals surface area contributed by atoms with Crippen molar-refractivity contribution in [2.24, 2.45) is 0 Å². The highest BCUT2D eigenvalue weighted by Gasteiger charge is 2.16.